The molecule has 0 unspecified atom stereocenters. The zero-order valence-electron chi connectivity index (χ0n) is 21.3. The van der Waals surface area contributed by atoms with Gasteiger partial charge in [-0.2, -0.15) is 10.5 Å². The molecule has 2 atom stereocenters. The minimum atomic E-state index is -0.772. The molecule has 1 N–H and O–H groups in total. The summed E-state index contributed by atoms with van der Waals surface area (Å²) >= 11 is 0. The van der Waals surface area contributed by atoms with Gasteiger partial charge >= 0.3 is 6.09 Å². The molecular weight excluding hydrogens is 471 g/mol. The van der Waals surface area contributed by atoms with Crippen molar-refractivity contribution in [1.29, 1.82) is 10.5 Å². The first-order valence-corrected chi connectivity index (χ1v) is 12.6. The molecule has 8 heteroatoms. The van der Waals surface area contributed by atoms with Gasteiger partial charge in [0.1, 0.15) is 29.6 Å². The van der Waals surface area contributed by atoms with Crippen LogP contribution in [0.4, 0.5) is 9.18 Å². The topological polar surface area (TPSA) is 106 Å². The van der Waals surface area contributed by atoms with Gasteiger partial charge in [0.15, 0.2) is 0 Å². The zero-order valence-corrected chi connectivity index (χ0v) is 21.3. The molecule has 37 heavy (non-hydrogen) atoms. The van der Waals surface area contributed by atoms with Crippen LogP contribution in [0.3, 0.4) is 0 Å². The van der Waals surface area contributed by atoms with Gasteiger partial charge in [0.2, 0.25) is 5.91 Å². The predicted molar refractivity (Wildman–Crippen MR) is 135 cm³/mol. The number of nitriles is 2. The molecule has 1 aliphatic carbocycles. The summed E-state index contributed by atoms with van der Waals surface area (Å²) in [5.74, 6) is -0.853. The first kappa shape index (κ1) is 26.2. The smallest absolute Gasteiger partial charge is 0.411 e. The Hall–Kier alpha value is -3.91. The van der Waals surface area contributed by atoms with Crippen molar-refractivity contribution in [2.24, 2.45) is 5.92 Å². The van der Waals surface area contributed by atoms with E-state index in [1.807, 2.05) is 30.3 Å². The Kier molecular flexibility index (Phi) is 7.50. The van der Waals surface area contributed by atoms with Crippen LogP contribution in [-0.4, -0.2) is 40.6 Å². The van der Waals surface area contributed by atoms with Gasteiger partial charge in [0.05, 0.1) is 11.6 Å². The third-order valence-electron chi connectivity index (χ3n) is 7.04. The maximum absolute atomic E-state index is 14.0. The number of hydrogen-bond acceptors (Lipinski definition) is 5. The third-order valence-corrected chi connectivity index (χ3v) is 7.04. The summed E-state index contributed by atoms with van der Waals surface area (Å²) in [5.41, 5.74) is 1.57. The molecule has 2 heterocycles. The number of nitrogens with one attached hydrogen (secondary N) is 1. The molecule has 2 aromatic carbocycles. The van der Waals surface area contributed by atoms with Crippen molar-refractivity contribution in [3.63, 3.8) is 0 Å². The summed E-state index contributed by atoms with van der Waals surface area (Å²) in [6, 6.07) is 14.3. The number of halogens is 1. The molecule has 0 radical (unpaired) electrons. The van der Waals surface area contributed by atoms with Crippen molar-refractivity contribution in [2.45, 2.75) is 76.6 Å². The lowest BCUT2D eigenvalue weighted by atomic mass is 9.74. The summed E-state index contributed by atoms with van der Waals surface area (Å²) in [7, 11) is 0. The highest BCUT2D eigenvalue weighted by Gasteiger charge is 2.49. The summed E-state index contributed by atoms with van der Waals surface area (Å²) < 4.78 is 19.6. The van der Waals surface area contributed by atoms with Crippen molar-refractivity contribution in [1.82, 2.24) is 10.2 Å². The largest absolute Gasteiger partial charge is 0.444 e. The Morgan fingerprint density at radius 1 is 1.08 bits per heavy atom. The van der Waals surface area contributed by atoms with Crippen molar-refractivity contribution in [3.8, 4) is 23.3 Å². The molecule has 3 fully saturated rings. The first-order chi connectivity index (χ1) is 17.6. The standard InChI is InChI=1S/C29H31FN4O3/c1-29(2,3)37-28(36)34-24-12-10-20(11-13-24)26(34)27(35)33-23(17-32)14-18-4-6-19(7-5-18)21-8-9-22(16-31)25(30)15-21/h4-9,15,20,23-24,26H,10-14H2,1-3H3,(H,33,35)/t20-,23-,24+,26-/m0/s1. The van der Waals surface area contributed by atoms with Crippen LogP contribution in [0.2, 0.25) is 0 Å². The molecule has 2 saturated heterocycles. The average molecular weight is 503 g/mol. The average Bonchev–Trinajstić information content (AvgIpc) is 2.87. The molecule has 2 aliphatic heterocycles. The van der Waals surface area contributed by atoms with E-state index in [1.54, 1.807) is 31.7 Å². The Labute approximate surface area is 216 Å². The maximum Gasteiger partial charge on any atom is 0.411 e. The number of piperidine rings is 2. The molecule has 5 rings (SSSR count). The van der Waals surface area contributed by atoms with Crippen molar-refractivity contribution >= 4 is 12.0 Å². The van der Waals surface area contributed by atoms with Gasteiger partial charge in [-0.05, 0) is 81.2 Å². The van der Waals surface area contributed by atoms with E-state index in [-0.39, 0.29) is 29.9 Å². The quantitative estimate of drug-likeness (QED) is 0.613. The summed E-state index contributed by atoms with van der Waals surface area (Å²) in [6.45, 7) is 5.41. The molecule has 192 valence electrons. The highest BCUT2D eigenvalue weighted by Crippen LogP contribution is 2.40. The van der Waals surface area contributed by atoms with Crippen molar-refractivity contribution in [2.75, 3.05) is 0 Å². The second-order valence-corrected chi connectivity index (χ2v) is 10.8. The Morgan fingerprint density at radius 2 is 1.73 bits per heavy atom. The van der Waals surface area contributed by atoms with E-state index >= 15 is 0 Å². The zero-order chi connectivity index (χ0) is 26.7. The molecule has 0 spiro atoms. The number of hydrogen-bond donors (Lipinski definition) is 1. The van der Waals surface area contributed by atoms with Gasteiger partial charge in [0, 0.05) is 12.5 Å². The fourth-order valence-electron chi connectivity index (χ4n) is 5.31. The third kappa shape index (κ3) is 5.91. The molecule has 1 saturated carbocycles. The molecule has 7 nitrogen and oxygen atoms in total. The predicted octanol–water partition coefficient (Wildman–Crippen LogP) is 5.09. The van der Waals surface area contributed by atoms with Crippen LogP contribution in [0.25, 0.3) is 11.1 Å². The maximum atomic E-state index is 14.0. The minimum Gasteiger partial charge on any atom is -0.444 e. The van der Waals surface area contributed by atoms with Crippen LogP contribution in [-0.2, 0) is 16.0 Å². The molecule has 0 aromatic heterocycles. The van der Waals surface area contributed by atoms with E-state index in [0.29, 0.717) is 5.56 Å². The number of fused-ring (bicyclic) bond motifs is 3. The molecule has 2 bridgehead atoms. The van der Waals surface area contributed by atoms with E-state index in [9.17, 15) is 19.2 Å². The Bertz CT molecular complexity index is 1250. The number of nitrogens with zero attached hydrogens (tertiary/aromatic N) is 3. The van der Waals surface area contributed by atoms with Crippen molar-refractivity contribution in [3.05, 3.63) is 59.4 Å². The normalized spacial score (nSPS) is 21.5. The summed E-state index contributed by atoms with van der Waals surface area (Å²) in [4.78, 5) is 28.0. The van der Waals surface area contributed by atoms with E-state index in [1.165, 1.54) is 12.1 Å². The molecule has 3 aliphatic rings. The van der Waals surface area contributed by atoms with Gasteiger partial charge in [-0.25, -0.2) is 9.18 Å². The van der Waals surface area contributed by atoms with Crippen LogP contribution in [0, 0.1) is 34.4 Å². The van der Waals surface area contributed by atoms with Crippen LogP contribution in [0.5, 0.6) is 0 Å². The molecule has 2 aromatic rings. The number of benzene rings is 2. The fraction of sp³-hybridized carbons (Fsp3) is 0.448. The van der Waals surface area contributed by atoms with E-state index in [0.717, 1.165) is 36.8 Å². The lowest BCUT2D eigenvalue weighted by Gasteiger charge is -2.50. The number of carbonyl (C=O) groups is 2. The molecular formula is C29H31FN4O3. The highest BCUT2D eigenvalue weighted by atomic mass is 19.1. The van der Waals surface area contributed by atoms with E-state index < -0.39 is 29.6 Å². The van der Waals surface area contributed by atoms with Gasteiger partial charge in [0.25, 0.3) is 0 Å². The summed E-state index contributed by atoms with van der Waals surface area (Å²) in [6.07, 6.45) is 3.26. The van der Waals surface area contributed by atoms with Gasteiger partial charge in [-0.3, -0.25) is 9.69 Å². The van der Waals surface area contributed by atoms with Crippen LogP contribution in [0.15, 0.2) is 42.5 Å². The lowest BCUT2D eigenvalue weighted by molar-refractivity contribution is -0.135. The van der Waals surface area contributed by atoms with E-state index in [4.69, 9.17) is 10.00 Å². The monoisotopic (exact) mass is 502 g/mol. The summed E-state index contributed by atoms with van der Waals surface area (Å²) in [5, 5.41) is 21.5. The fourth-order valence-corrected chi connectivity index (χ4v) is 5.31. The number of carbonyl (C=O) groups excluding carboxylic acids is 2. The Balaban J connectivity index is 1.44. The second-order valence-electron chi connectivity index (χ2n) is 10.8. The van der Waals surface area contributed by atoms with E-state index in [2.05, 4.69) is 11.4 Å². The number of rotatable bonds is 5. The Morgan fingerprint density at radius 3 is 2.30 bits per heavy atom. The minimum absolute atomic E-state index is 0.00982. The van der Waals surface area contributed by atoms with Crippen LogP contribution < -0.4 is 5.32 Å². The SMILES string of the molecule is CC(C)(C)OC(=O)N1[C@H]2CC[C@H](CC2)[C@H]1C(=O)N[C@H](C#N)Cc1ccc(-c2ccc(C#N)c(F)c2)cc1. The van der Waals surface area contributed by atoms with Gasteiger partial charge < -0.3 is 10.1 Å². The highest BCUT2D eigenvalue weighted by molar-refractivity contribution is 5.87. The van der Waals surface area contributed by atoms with Crippen LogP contribution in [0.1, 0.15) is 57.6 Å². The van der Waals surface area contributed by atoms with Gasteiger partial charge in [-0.15, -0.1) is 0 Å². The van der Waals surface area contributed by atoms with Crippen LogP contribution >= 0.6 is 0 Å². The number of ether oxygens (including phenoxy) is 1. The van der Waals surface area contributed by atoms with Crippen molar-refractivity contribution < 1.29 is 18.7 Å². The van der Waals surface area contributed by atoms with Gasteiger partial charge in [-0.1, -0.05) is 30.3 Å². The molecule has 2 amide bonds. The number of amides is 2. The second kappa shape index (κ2) is 10.6. The first-order valence-electron chi connectivity index (χ1n) is 12.6. The lowest BCUT2D eigenvalue weighted by Crippen LogP contribution is -2.64.